The summed E-state index contributed by atoms with van der Waals surface area (Å²) in [5, 5.41) is 9.67. The summed E-state index contributed by atoms with van der Waals surface area (Å²) in [6.45, 7) is 1.52. The molecule has 0 aromatic carbocycles. The molecule has 13 heavy (non-hydrogen) atoms. The highest BCUT2D eigenvalue weighted by Crippen LogP contribution is 2.30. The summed E-state index contributed by atoms with van der Waals surface area (Å²) in [6.07, 6.45) is 6.52. The van der Waals surface area contributed by atoms with Gasteiger partial charge in [0.15, 0.2) is 0 Å². The van der Waals surface area contributed by atoms with E-state index in [2.05, 4.69) is 0 Å². The highest BCUT2D eigenvalue weighted by Gasteiger charge is 2.31. The number of hydrogen-bond acceptors (Lipinski definition) is 2. The molecule has 3 nitrogen and oxygen atoms in total. The Morgan fingerprint density at radius 2 is 2.00 bits per heavy atom. The molecule has 0 bridgehead atoms. The van der Waals surface area contributed by atoms with E-state index >= 15 is 0 Å². The second-order valence-electron chi connectivity index (χ2n) is 4.35. The van der Waals surface area contributed by atoms with Crippen LogP contribution < -0.4 is 5.73 Å². The van der Waals surface area contributed by atoms with Crippen LogP contribution in [0.3, 0.4) is 0 Å². The van der Waals surface area contributed by atoms with Gasteiger partial charge in [-0.1, -0.05) is 32.1 Å². The molecule has 76 valence electrons. The molecule has 1 saturated carbocycles. The van der Waals surface area contributed by atoms with Crippen LogP contribution in [-0.4, -0.2) is 16.6 Å². The van der Waals surface area contributed by atoms with Crippen LogP contribution in [0.4, 0.5) is 0 Å². The summed E-state index contributed by atoms with van der Waals surface area (Å²) in [4.78, 5) is 10.9. The van der Waals surface area contributed by atoms with Gasteiger partial charge < -0.3 is 10.8 Å². The zero-order valence-corrected chi connectivity index (χ0v) is 8.25. The molecule has 3 heteroatoms. The van der Waals surface area contributed by atoms with Crippen LogP contribution in [0.2, 0.25) is 0 Å². The highest BCUT2D eigenvalue weighted by molar-refractivity contribution is 5.82. The first-order chi connectivity index (χ1) is 6.02. The minimum Gasteiger partial charge on any atom is -0.380 e. The van der Waals surface area contributed by atoms with Gasteiger partial charge in [0.1, 0.15) is 5.60 Å². The van der Waals surface area contributed by atoms with Crippen LogP contribution in [0.1, 0.15) is 45.4 Å². The minimum atomic E-state index is -1.30. The Morgan fingerprint density at radius 3 is 2.46 bits per heavy atom. The number of aliphatic hydroxyl groups is 1. The topological polar surface area (TPSA) is 63.3 Å². The Morgan fingerprint density at radius 1 is 1.46 bits per heavy atom. The van der Waals surface area contributed by atoms with Gasteiger partial charge in [-0.15, -0.1) is 0 Å². The second kappa shape index (κ2) is 4.09. The van der Waals surface area contributed by atoms with Crippen molar-refractivity contribution in [2.45, 2.75) is 51.0 Å². The van der Waals surface area contributed by atoms with E-state index in [0.717, 1.165) is 12.8 Å². The number of carbonyl (C=O) groups is 1. The van der Waals surface area contributed by atoms with Crippen molar-refractivity contribution in [2.24, 2.45) is 11.7 Å². The molecule has 0 heterocycles. The van der Waals surface area contributed by atoms with E-state index < -0.39 is 11.5 Å². The summed E-state index contributed by atoms with van der Waals surface area (Å²) in [6, 6.07) is 0. The Balaban J connectivity index is 2.41. The van der Waals surface area contributed by atoms with Crippen molar-refractivity contribution in [3.8, 4) is 0 Å². The molecule has 1 unspecified atom stereocenters. The summed E-state index contributed by atoms with van der Waals surface area (Å²) >= 11 is 0. The molecule has 0 aliphatic heterocycles. The van der Waals surface area contributed by atoms with E-state index in [-0.39, 0.29) is 0 Å². The Hall–Kier alpha value is -0.570. The zero-order chi connectivity index (χ0) is 9.90. The van der Waals surface area contributed by atoms with Gasteiger partial charge in [-0.05, 0) is 19.3 Å². The van der Waals surface area contributed by atoms with Gasteiger partial charge in [-0.2, -0.15) is 0 Å². The lowest BCUT2D eigenvalue weighted by atomic mass is 9.81. The van der Waals surface area contributed by atoms with Crippen LogP contribution in [0.5, 0.6) is 0 Å². The number of primary amides is 1. The highest BCUT2D eigenvalue weighted by atomic mass is 16.3. The third-order valence-corrected chi connectivity index (χ3v) is 2.94. The second-order valence-corrected chi connectivity index (χ2v) is 4.35. The van der Waals surface area contributed by atoms with Crippen LogP contribution in [0.15, 0.2) is 0 Å². The Bertz CT molecular complexity index is 183. The summed E-state index contributed by atoms with van der Waals surface area (Å²) in [7, 11) is 0. The zero-order valence-electron chi connectivity index (χ0n) is 8.25. The lowest BCUT2D eigenvalue weighted by Gasteiger charge is -2.28. The first-order valence-corrected chi connectivity index (χ1v) is 5.04. The molecule has 1 atom stereocenters. The summed E-state index contributed by atoms with van der Waals surface area (Å²) < 4.78 is 0. The van der Waals surface area contributed by atoms with E-state index in [4.69, 9.17) is 5.73 Å². The predicted octanol–water partition coefficient (Wildman–Crippen LogP) is 1.19. The number of carbonyl (C=O) groups excluding carboxylic acids is 1. The Kier molecular flexibility index (Phi) is 3.31. The van der Waals surface area contributed by atoms with E-state index in [1.165, 1.54) is 26.2 Å². The first kappa shape index (κ1) is 10.5. The molecule has 3 N–H and O–H groups in total. The van der Waals surface area contributed by atoms with E-state index in [1.807, 2.05) is 0 Å². The first-order valence-electron chi connectivity index (χ1n) is 5.04. The van der Waals surface area contributed by atoms with E-state index in [9.17, 15) is 9.90 Å². The SMILES string of the molecule is CC(O)(CC1CCCCC1)C(N)=O. The normalized spacial score (nSPS) is 23.8. The molecule has 1 fully saturated rings. The fourth-order valence-electron chi connectivity index (χ4n) is 2.05. The van der Waals surface area contributed by atoms with Gasteiger partial charge in [0.2, 0.25) is 5.91 Å². The van der Waals surface area contributed by atoms with Crippen LogP contribution in [0.25, 0.3) is 0 Å². The summed E-state index contributed by atoms with van der Waals surface area (Å²) in [5.74, 6) is -0.116. The fourth-order valence-corrected chi connectivity index (χ4v) is 2.05. The maximum absolute atomic E-state index is 10.9. The van der Waals surface area contributed by atoms with Crippen LogP contribution in [0, 0.1) is 5.92 Å². The molecule has 0 aromatic rings. The standard InChI is InChI=1S/C10H19NO2/c1-10(13,9(11)12)7-8-5-3-2-4-6-8/h8,13H,2-7H2,1H3,(H2,11,12). The maximum atomic E-state index is 10.9. The molecule has 1 aliphatic rings. The van der Waals surface area contributed by atoms with E-state index in [1.54, 1.807) is 0 Å². The van der Waals surface area contributed by atoms with Gasteiger partial charge in [0.05, 0.1) is 0 Å². The number of rotatable bonds is 3. The average Bonchev–Trinajstić information content (AvgIpc) is 2.05. The summed E-state index contributed by atoms with van der Waals surface area (Å²) in [5.41, 5.74) is 3.79. The minimum absolute atomic E-state index is 0.483. The van der Waals surface area contributed by atoms with Gasteiger partial charge in [-0.25, -0.2) is 0 Å². The molecule has 0 aromatic heterocycles. The number of nitrogens with two attached hydrogens (primary N) is 1. The van der Waals surface area contributed by atoms with Crippen molar-refractivity contribution < 1.29 is 9.90 Å². The van der Waals surface area contributed by atoms with Gasteiger partial charge in [-0.3, -0.25) is 4.79 Å². The van der Waals surface area contributed by atoms with Crippen molar-refractivity contribution in [1.82, 2.24) is 0 Å². The quantitative estimate of drug-likeness (QED) is 0.693. The molecule has 1 aliphatic carbocycles. The van der Waals surface area contributed by atoms with Crippen LogP contribution in [-0.2, 0) is 4.79 Å². The molecule has 0 radical (unpaired) electrons. The van der Waals surface area contributed by atoms with E-state index in [0.29, 0.717) is 12.3 Å². The lowest BCUT2D eigenvalue weighted by Crippen LogP contribution is -2.42. The van der Waals surface area contributed by atoms with Crippen molar-refractivity contribution in [2.75, 3.05) is 0 Å². The van der Waals surface area contributed by atoms with Crippen molar-refractivity contribution in [3.05, 3.63) is 0 Å². The fraction of sp³-hybridized carbons (Fsp3) is 0.900. The number of hydrogen-bond donors (Lipinski definition) is 2. The van der Waals surface area contributed by atoms with Crippen molar-refractivity contribution in [1.29, 1.82) is 0 Å². The number of amides is 1. The molecular weight excluding hydrogens is 166 g/mol. The molecule has 0 spiro atoms. The molecule has 1 rings (SSSR count). The maximum Gasteiger partial charge on any atom is 0.249 e. The predicted molar refractivity (Wildman–Crippen MR) is 51.0 cm³/mol. The molecule has 0 saturated heterocycles. The van der Waals surface area contributed by atoms with Gasteiger partial charge >= 0.3 is 0 Å². The largest absolute Gasteiger partial charge is 0.380 e. The lowest BCUT2D eigenvalue weighted by molar-refractivity contribution is -0.136. The third kappa shape index (κ3) is 2.99. The van der Waals surface area contributed by atoms with Crippen molar-refractivity contribution >= 4 is 5.91 Å². The molecular formula is C10H19NO2. The average molecular weight is 185 g/mol. The Labute approximate surface area is 79.3 Å². The third-order valence-electron chi connectivity index (χ3n) is 2.94. The monoisotopic (exact) mass is 185 g/mol. The van der Waals surface area contributed by atoms with Gasteiger partial charge in [0, 0.05) is 0 Å². The smallest absolute Gasteiger partial charge is 0.249 e. The molecule has 1 amide bonds. The van der Waals surface area contributed by atoms with Crippen LogP contribution >= 0.6 is 0 Å². The van der Waals surface area contributed by atoms with Crippen molar-refractivity contribution in [3.63, 3.8) is 0 Å². The van der Waals surface area contributed by atoms with Gasteiger partial charge in [0.25, 0.3) is 0 Å².